The number of carbonyl (C=O) groups excluding carboxylic acids is 1. The maximum atomic E-state index is 13.9. The van der Waals surface area contributed by atoms with Crippen molar-refractivity contribution in [3.05, 3.63) is 58.9 Å². The van der Waals surface area contributed by atoms with E-state index >= 15 is 0 Å². The molecule has 1 saturated heterocycles. The summed E-state index contributed by atoms with van der Waals surface area (Å²) < 4.78 is 18.9. The average molecular weight is 421 g/mol. The highest BCUT2D eigenvalue weighted by Gasteiger charge is 2.25. The number of likely N-dealkylation sites (N-methyl/N-ethyl adjacent to an activating group) is 1. The number of benzene rings is 2. The number of amides is 1. The van der Waals surface area contributed by atoms with Crippen LogP contribution < -0.4 is 14.5 Å². The van der Waals surface area contributed by atoms with Gasteiger partial charge in [-0.1, -0.05) is 23.7 Å². The average Bonchev–Trinajstić information content (AvgIpc) is 2.74. The quantitative estimate of drug-likeness (QED) is 0.746. The third kappa shape index (κ3) is 5.40. The summed E-state index contributed by atoms with van der Waals surface area (Å²) >= 11 is 6.29. The van der Waals surface area contributed by atoms with Crippen molar-refractivity contribution in [2.45, 2.75) is 13.5 Å². The van der Waals surface area contributed by atoms with Crippen LogP contribution in [0.2, 0.25) is 5.02 Å². The van der Waals surface area contributed by atoms with E-state index in [4.69, 9.17) is 16.3 Å². The largest absolute Gasteiger partial charge is 0.494 e. The van der Waals surface area contributed by atoms with E-state index in [9.17, 15) is 9.18 Å². The summed E-state index contributed by atoms with van der Waals surface area (Å²) in [5.74, 6) is -0.00335. The van der Waals surface area contributed by atoms with Gasteiger partial charge in [0.25, 0.3) is 5.91 Å². The van der Waals surface area contributed by atoms with Crippen molar-refractivity contribution >= 4 is 23.2 Å². The summed E-state index contributed by atoms with van der Waals surface area (Å²) in [5, 5.41) is 0.737. The van der Waals surface area contributed by atoms with Crippen LogP contribution in [0.3, 0.4) is 0 Å². The first-order valence-electron chi connectivity index (χ1n) is 9.95. The van der Waals surface area contributed by atoms with Gasteiger partial charge in [0.2, 0.25) is 0 Å². The van der Waals surface area contributed by atoms with E-state index in [0.717, 1.165) is 40.8 Å². The second-order valence-electron chi connectivity index (χ2n) is 7.25. The van der Waals surface area contributed by atoms with Crippen LogP contribution in [0.25, 0.3) is 0 Å². The first-order chi connectivity index (χ1) is 14.0. The predicted octanol–water partition coefficient (Wildman–Crippen LogP) is 2.24. The minimum Gasteiger partial charge on any atom is -0.494 e. The summed E-state index contributed by atoms with van der Waals surface area (Å²) in [6.07, 6.45) is 0. The first kappa shape index (κ1) is 21.4. The minimum atomic E-state index is -0.373. The van der Waals surface area contributed by atoms with E-state index < -0.39 is 0 Å². The molecule has 1 aliphatic rings. The highest BCUT2D eigenvalue weighted by atomic mass is 35.5. The number of anilines is 1. The van der Waals surface area contributed by atoms with Crippen molar-refractivity contribution in [2.24, 2.45) is 0 Å². The topological polar surface area (TPSA) is 37.2 Å². The van der Waals surface area contributed by atoms with Gasteiger partial charge in [0, 0.05) is 31.7 Å². The lowest BCUT2D eigenvalue weighted by molar-refractivity contribution is -0.904. The van der Waals surface area contributed by atoms with Crippen molar-refractivity contribution in [3.8, 4) is 5.75 Å². The molecule has 1 heterocycles. The third-order valence-electron chi connectivity index (χ3n) is 5.40. The fourth-order valence-corrected chi connectivity index (χ4v) is 3.91. The molecule has 0 bridgehead atoms. The van der Waals surface area contributed by atoms with Crippen LogP contribution in [0.5, 0.6) is 5.75 Å². The molecule has 1 amide bonds. The Bertz CT molecular complexity index is 841. The van der Waals surface area contributed by atoms with Gasteiger partial charge in [-0.2, -0.15) is 0 Å². The van der Waals surface area contributed by atoms with E-state index in [1.54, 1.807) is 6.07 Å². The molecular formula is C22H28ClFN3O2+. The van der Waals surface area contributed by atoms with Crippen molar-refractivity contribution in [1.82, 2.24) is 4.90 Å². The Morgan fingerprint density at radius 3 is 2.52 bits per heavy atom. The summed E-state index contributed by atoms with van der Waals surface area (Å²) in [4.78, 5) is 18.0. The number of para-hydroxylation sites is 1. The summed E-state index contributed by atoms with van der Waals surface area (Å²) in [6.45, 7) is 6.72. The molecule has 1 aliphatic heterocycles. The Hall–Kier alpha value is -2.31. The molecule has 2 aromatic carbocycles. The molecule has 0 aliphatic carbocycles. The van der Waals surface area contributed by atoms with Gasteiger partial charge in [0.15, 0.2) is 18.1 Å². The van der Waals surface area contributed by atoms with E-state index in [1.165, 1.54) is 13.2 Å². The Kier molecular flexibility index (Phi) is 7.34. The van der Waals surface area contributed by atoms with Crippen LogP contribution in [0, 0.1) is 5.82 Å². The number of rotatable bonds is 7. The number of hydrogen-bond acceptors (Lipinski definition) is 3. The lowest BCUT2D eigenvalue weighted by Gasteiger charge is -2.36. The lowest BCUT2D eigenvalue weighted by atomic mass is 10.2. The highest BCUT2D eigenvalue weighted by Crippen LogP contribution is 2.26. The molecule has 0 aromatic heterocycles. The number of ether oxygens (including phenoxy) is 1. The molecule has 0 radical (unpaired) electrons. The van der Waals surface area contributed by atoms with Gasteiger partial charge >= 0.3 is 0 Å². The van der Waals surface area contributed by atoms with Crippen LogP contribution in [-0.4, -0.2) is 57.2 Å². The molecule has 1 atom stereocenters. The maximum Gasteiger partial charge on any atom is 0.277 e. The van der Waals surface area contributed by atoms with Crippen molar-refractivity contribution in [2.75, 3.05) is 51.3 Å². The molecule has 0 spiro atoms. The monoisotopic (exact) mass is 420 g/mol. The molecule has 29 heavy (non-hydrogen) atoms. The smallest absolute Gasteiger partial charge is 0.277 e. The fraction of sp³-hybridized carbons (Fsp3) is 0.409. The molecule has 1 fully saturated rings. The normalized spacial score (nSPS) is 15.3. The van der Waals surface area contributed by atoms with Gasteiger partial charge in [-0.3, -0.25) is 4.79 Å². The Labute approximate surface area is 176 Å². The van der Waals surface area contributed by atoms with Crippen LogP contribution in [0.4, 0.5) is 10.1 Å². The Morgan fingerprint density at radius 2 is 1.90 bits per heavy atom. The van der Waals surface area contributed by atoms with E-state index in [2.05, 4.69) is 4.90 Å². The molecule has 1 N–H and O–H groups in total. The van der Waals surface area contributed by atoms with Gasteiger partial charge in [-0.25, -0.2) is 4.39 Å². The van der Waals surface area contributed by atoms with Crippen LogP contribution >= 0.6 is 11.6 Å². The van der Waals surface area contributed by atoms with Crippen LogP contribution in [0.1, 0.15) is 12.5 Å². The van der Waals surface area contributed by atoms with Gasteiger partial charge in [-0.05, 0) is 37.3 Å². The standard InChI is InChI=1S/C22H27ClFN3O2/c1-3-25(15-17-8-9-21(29-2)19(24)14-17)16-22(28)27-12-10-26(11-13-27)20-7-5-4-6-18(20)23/h4-9,14H,3,10-13,15-16H2,1-2H3/p+1. The predicted molar refractivity (Wildman–Crippen MR) is 113 cm³/mol. The van der Waals surface area contributed by atoms with Gasteiger partial charge in [-0.15, -0.1) is 0 Å². The Balaban J connectivity index is 1.54. The van der Waals surface area contributed by atoms with Crippen LogP contribution in [0.15, 0.2) is 42.5 Å². The molecule has 156 valence electrons. The number of halogens is 2. The number of nitrogens with zero attached hydrogens (tertiary/aromatic N) is 2. The van der Waals surface area contributed by atoms with Gasteiger partial charge in [0.05, 0.1) is 24.4 Å². The van der Waals surface area contributed by atoms with E-state index in [0.29, 0.717) is 26.2 Å². The Morgan fingerprint density at radius 1 is 1.17 bits per heavy atom. The van der Waals surface area contributed by atoms with E-state index in [-0.39, 0.29) is 17.5 Å². The molecule has 5 nitrogen and oxygen atoms in total. The highest BCUT2D eigenvalue weighted by molar-refractivity contribution is 6.33. The minimum absolute atomic E-state index is 0.134. The lowest BCUT2D eigenvalue weighted by Crippen LogP contribution is -3.11. The van der Waals surface area contributed by atoms with Crippen molar-refractivity contribution < 1.29 is 18.8 Å². The molecule has 3 rings (SSSR count). The molecule has 1 unspecified atom stereocenters. The fourth-order valence-electron chi connectivity index (χ4n) is 3.65. The number of piperazine rings is 1. The third-order valence-corrected chi connectivity index (χ3v) is 5.72. The first-order valence-corrected chi connectivity index (χ1v) is 10.3. The van der Waals surface area contributed by atoms with Crippen LogP contribution in [-0.2, 0) is 11.3 Å². The zero-order valence-electron chi connectivity index (χ0n) is 17.0. The SMILES string of the molecule is CC[NH+](CC(=O)N1CCN(c2ccccc2Cl)CC1)Cc1ccc(OC)c(F)c1. The number of carbonyl (C=O) groups is 1. The van der Waals surface area contributed by atoms with Crippen molar-refractivity contribution in [3.63, 3.8) is 0 Å². The second kappa shape index (κ2) is 9.94. The maximum absolute atomic E-state index is 13.9. The number of methoxy groups -OCH3 is 1. The molecule has 0 saturated carbocycles. The number of hydrogen-bond donors (Lipinski definition) is 1. The van der Waals surface area contributed by atoms with Gasteiger partial charge < -0.3 is 19.4 Å². The second-order valence-corrected chi connectivity index (χ2v) is 7.65. The van der Waals surface area contributed by atoms with Crippen molar-refractivity contribution in [1.29, 1.82) is 0 Å². The molecular weight excluding hydrogens is 393 g/mol. The van der Waals surface area contributed by atoms with E-state index in [1.807, 2.05) is 42.2 Å². The summed E-state index contributed by atoms with van der Waals surface area (Å²) in [6, 6.07) is 12.8. The summed E-state index contributed by atoms with van der Waals surface area (Å²) in [5.41, 5.74) is 1.88. The molecule has 2 aromatic rings. The zero-order valence-corrected chi connectivity index (χ0v) is 17.7. The number of quaternary nitrogens is 1. The number of nitrogens with one attached hydrogen (secondary N) is 1. The van der Waals surface area contributed by atoms with Gasteiger partial charge in [0.1, 0.15) is 6.54 Å². The molecule has 7 heteroatoms. The summed E-state index contributed by atoms with van der Waals surface area (Å²) in [7, 11) is 1.45. The zero-order chi connectivity index (χ0) is 20.8.